The Balaban J connectivity index is 2.78. The first-order chi connectivity index (χ1) is 5.75. The van der Waals surface area contributed by atoms with Gasteiger partial charge in [-0.2, -0.15) is 0 Å². The maximum Gasteiger partial charge on any atom is 0.351 e. The number of aliphatic hydroxyl groups excluding tert-OH is 1. The number of hydrogen-bond donors (Lipinski definition) is 1. The van der Waals surface area contributed by atoms with E-state index in [1.54, 1.807) is 30.3 Å². The van der Waals surface area contributed by atoms with E-state index in [1.807, 2.05) is 0 Å². The Kier molecular flexibility index (Phi) is 3.25. The third-order valence-corrected chi connectivity index (χ3v) is 1.73. The summed E-state index contributed by atoms with van der Waals surface area (Å²) in [4.78, 5) is 10.8. The summed E-state index contributed by atoms with van der Waals surface area (Å²) in [5.41, 5.74) is 0.516. The van der Waals surface area contributed by atoms with E-state index in [0.29, 0.717) is 5.56 Å². The van der Waals surface area contributed by atoms with E-state index in [2.05, 4.69) is 20.1 Å². The molecule has 0 aliphatic heterocycles. The molecule has 3 nitrogen and oxygen atoms in total. The quantitative estimate of drug-likeness (QED) is 0.840. The molecule has 4 heteroatoms. The van der Waals surface area contributed by atoms with Gasteiger partial charge in [0.1, 0.15) is 0 Å². The van der Waals surface area contributed by atoms with Crippen LogP contribution in [0.25, 0.3) is 0 Å². The average molecular weight is 231 g/mol. The Hall–Kier alpha value is -0.870. The lowest BCUT2D eigenvalue weighted by Crippen LogP contribution is -2.10. The first-order valence-electron chi connectivity index (χ1n) is 3.31. The summed E-state index contributed by atoms with van der Waals surface area (Å²) in [6.07, 6.45) is -1.22. The van der Waals surface area contributed by atoms with Gasteiger partial charge in [-0.3, -0.25) is 0 Å². The van der Waals surface area contributed by atoms with Crippen molar-refractivity contribution < 1.29 is 13.7 Å². The van der Waals surface area contributed by atoms with Crippen LogP contribution in [0.2, 0.25) is 0 Å². The molecule has 0 heterocycles. The second-order valence-corrected chi connectivity index (χ2v) is 2.53. The number of hydrogen-bond acceptors (Lipinski definition) is 3. The molecule has 0 radical (unpaired) electrons. The van der Waals surface area contributed by atoms with E-state index in [9.17, 15) is 9.90 Å². The van der Waals surface area contributed by atoms with Gasteiger partial charge in [0, 0.05) is 0 Å². The fraction of sp³-hybridized carbons (Fsp3) is 0.125. The molecular formula is C8H7BrO3. The molecule has 1 aromatic carbocycles. The lowest BCUT2D eigenvalue weighted by atomic mass is 10.1. The topological polar surface area (TPSA) is 46.5 Å². The minimum Gasteiger partial charge on any atom is -0.381 e. The van der Waals surface area contributed by atoms with Gasteiger partial charge in [0.2, 0.25) is 0 Å². The Morgan fingerprint density at radius 3 is 2.50 bits per heavy atom. The Morgan fingerprint density at radius 2 is 2.00 bits per heavy atom. The van der Waals surface area contributed by atoms with Gasteiger partial charge in [-0.25, -0.2) is 4.79 Å². The molecule has 1 N–H and O–H groups in total. The number of carbonyl (C=O) groups excluding carboxylic acids is 1. The fourth-order valence-corrected chi connectivity index (χ4v) is 0.991. The molecule has 1 aromatic rings. The zero-order valence-corrected chi connectivity index (χ0v) is 7.69. The molecule has 12 heavy (non-hydrogen) atoms. The monoisotopic (exact) mass is 230 g/mol. The van der Waals surface area contributed by atoms with Crippen molar-refractivity contribution in [1.82, 2.24) is 0 Å². The predicted octanol–water partition coefficient (Wildman–Crippen LogP) is 1.57. The van der Waals surface area contributed by atoms with Gasteiger partial charge < -0.3 is 8.93 Å². The average Bonchev–Trinajstić information content (AvgIpc) is 2.17. The molecule has 1 rings (SSSR count). The molecule has 1 atom stereocenters. The van der Waals surface area contributed by atoms with Gasteiger partial charge in [0.15, 0.2) is 22.4 Å². The third-order valence-electron chi connectivity index (χ3n) is 1.41. The van der Waals surface area contributed by atoms with Gasteiger partial charge in [-0.15, -0.1) is 0 Å². The van der Waals surface area contributed by atoms with Gasteiger partial charge in [-0.05, 0) is 5.56 Å². The molecule has 0 saturated heterocycles. The summed E-state index contributed by atoms with van der Waals surface area (Å²) in [5.74, 6) is -0.721. The summed E-state index contributed by atoms with van der Waals surface area (Å²) < 4.78 is 4.19. The maximum atomic E-state index is 10.8. The van der Waals surface area contributed by atoms with Gasteiger partial charge in [0.25, 0.3) is 0 Å². The highest BCUT2D eigenvalue weighted by Crippen LogP contribution is 2.14. The highest BCUT2D eigenvalue weighted by molar-refractivity contribution is 9.06. The lowest BCUT2D eigenvalue weighted by molar-refractivity contribution is -0.141. The van der Waals surface area contributed by atoms with Crippen LogP contribution in [0.4, 0.5) is 0 Å². The molecule has 0 aliphatic rings. The van der Waals surface area contributed by atoms with Crippen molar-refractivity contribution in [3.05, 3.63) is 35.9 Å². The zero-order valence-electron chi connectivity index (χ0n) is 6.11. The molecule has 0 aliphatic carbocycles. The highest BCUT2D eigenvalue weighted by atomic mass is 79.9. The lowest BCUT2D eigenvalue weighted by Gasteiger charge is -2.05. The van der Waals surface area contributed by atoms with Crippen LogP contribution in [0.3, 0.4) is 0 Å². The Labute approximate surface area is 78.4 Å². The van der Waals surface area contributed by atoms with E-state index in [1.165, 1.54) is 0 Å². The third kappa shape index (κ3) is 2.06. The van der Waals surface area contributed by atoms with Crippen molar-refractivity contribution in [3.8, 4) is 0 Å². The number of rotatable bonds is 2. The molecule has 0 aromatic heterocycles. The van der Waals surface area contributed by atoms with Crippen LogP contribution < -0.4 is 0 Å². The SMILES string of the molecule is O=C(OBr)[C@H](O)c1ccccc1. The van der Waals surface area contributed by atoms with Crippen LogP contribution >= 0.6 is 16.3 Å². The van der Waals surface area contributed by atoms with Crippen molar-refractivity contribution in [2.75, 3.05) is 0 Å². The largest absolute Gasteiger partial charge is 0.381 e. The predicted molar refractivity (Wildman–Crippen MR) is 46.4 cm³/mol. The first kappa shape index (κ1) is 9.22. The molecule has 0 amide bonds. The molecule has 64 valence electrons. The van der Waals surface area contributed by atoms with E-state index in [4.69, 9.17) is 0 Å². The second-order valence-electron chi connectivity index (χ2n) is 2.21. The Bertz CT molecular complexity index is 260. The minimum absolute atomic E-state index is 0.516. The maximum absolute atomic E-state index is 10.8. The Morgan fingerprint density at radius 1 is 1.42 bits per heavy atom. The van der Waals surface area contributed by atoms with Crippen LogP contribution in [-0.4, -0.2) is 11.1 Å². The van der Waals surface area contributed by atoms with Crippen LogP contribution in [0.5, 0.6) is 0 Å². The van der Waals surface area contributed by atoms with Gasteiger partial charge >= 0.3 is 5.97 Å². The molecular weight excluding hydrogens is 224 g/mol. The van der Waals surface area contributed by atoms with Crippen LogP contribution in [-0.2, 0) is 8.62 Å². The highest BCUT2D eigenvalue weighted by Gasteiger charge is 2.17. The van der Waals surface area contributed by atoms with E-state index < -0.39 is 12.1 Å². The van der Waals surface area contributed by atoms with Crippen molar-refractivity contribution >= 4 is 22.2 Å². The molecule has 0 spiro atoms. The van der Waals surface area contributed by atoms with Crippen molar-refractivity contribution in [2.24, 2.45) is 0 Å². The van der Waals surface area contributed by atoms with E-state index in [-0.39, 0.29) is 0 Å². The summed E-state index contributed by atoms with van der Waals surface area (Å²) >= 11 is 2.50. The standard InChI is InChI=1S/C8H7BrO3/c9-12-8(11)7(10)6-4-2-1-3-5-6/h1-5,7,10H/t7-/m1/s1. The first-order valence-corrected chi connectivity index (χ1v) is 3.96. The fourth-order valence-electron chi connectivity index (χ4n) is 0.814. The van der Waals surface area contributed by atoms with Crippen molar-refractivity contribution in [1.29, 1.82) is 0 Å². The number of benzene rings is 1. The van der Waals surface area contributed by atoms with Crippen LogP contribution in [0.1, 0.15) is 11.7 Å². The van der Waals surface area contributed by atoms with E-state index >= 15 is 0 Å². The molecule has 0 bridgehead atoms. The minimum atomic E-state index is -1.22. The van der Waals surface area contributed by atoms with Crippen molar-refractivity contribution in [3.63, 3.8) is 0 Å². The summed E-state index contributed by atoms with van der Waals surface area (Å²) in [6, 6.07) is 8.57. The summed E-state index contributed by atoms with van der Waals surface area (Å²) in [6.45, 7) is 0. The number of carbonyl (C=O) groups is 1. The van der Waals surface area contributed by atoms with Gasteiger partial charge in [-0.1, -0.05) is 30.3 Å². The van der Waals surface area contributed by atoms with E-state index in [0.717, 1.165) is 0 Å². The van der Waals surface area contributed by atoms with Crippen LogP contribution in [0, 0.1) is 0 Å². The second kappa shape index (κ2) is 4.23. The number of halogens is 1. The smallest absolute Gasteiger partial charge is 0.351 e. The van der Waals surface area contributed by atoms with Crippen molar-refractivity contribution in [2.45, 2.75) is 6.10 Å². The molecule has 0 fully saturated rings. The van der Waals surface area contributed by atoms with Crippen LogP contribution in [0.15, 0.2) is 30.3 Å². The summed E-state index contributed by atoms with van der Waals surface area (Å²) in [7, 11) is 0. The summed E-state index contributed by atoms with van der Waals surface area (Å²) in [5, 5.41) is 9.28. The molecule has 0 unspecified atom stereocenters. The van der Waals surface area contributed by atoms with Gasteiger partial charge in [0.05, 0.1) is 0 Å². The zero-order chi connectivity index (χ0) is 8.97. The normalized spacial score (nSPS) is 12.2. The number of aliphatic hydroxyl groups is 1. The molecule has 0 saturated carbocycles.